The van der Waals surface area contributed by atoms with Gasteiger partial charge in [-0.3, -0.25) is 5.10 Å². The SMILES string of the molecule is COc1ccc(C(CNS(=O)(=O)c2c(C)n[nH]c2C)N(C)C)cc1OC. The first kappa shape index (κ1) is 20.2. The van der Waals surface area contributed by atoms with Crippen LogP contribution in [0.5, 0.6) is 11.5 Å². The monoisotopic (exact) mass is 382 g/mol. The zero-order valence-electron chi connectivity index (χ0n) is 16.0. The lowest BCUT2D eigenvalue weighted by atomic mass is 10.1. The molecule has 2 aromatic rings. The second-order valence-corrected chi connectivity index (χ2v) is 7.91. The Hall–Kier alpha value is -2.10. The zero-order valence-corrected chi connectivity index (χ0v) is 16.8. The minimum Gasteiger partial charge on any atom is -0.493 e. The second-order valence-electron chi connectivity index (χ2n) is 6.21. The van der Waals surface area contributed by atoms with E-state index in [0.29, 0.717) is 22.9 Å². The Kier molecular flexibility index (Phi) is 6.27. The Balaban J connectivity index is 2.27. The lowest BCUT2D eigenvalue weighted by molar-refractivity contribution is 0.297. The number of aryl methyl sites for hydroxylation is 2. The maximum atomic E-state index is 12.7. The number of hydrogen-bond acceptors (Lipinski definition) is 6. The van der Waals surface area contributed by atoms with Crippen molar-refractivity contribution in [3.63, 3.8) is 0 Å². The van der Waals surface area contributed by atoms with Crippen molar-refractivity contribution in [2.24, 2.45) is 0 Å². The molecule has 144 valence electrons. The van der Waals surface area contributed by atoms with E-state index in [1.165, 1.54) is 0 Å². The van der Waals surface area contributed by atoms with Gasteiger partial charge in [-0.25, -0.2) is 13.1 Å². The van der Waals surface area contributed by atoms with Crippen LogP contribution < -0.4 is 14.2 Å². The van der Waals surface area contributed by atoms with Crippen LogP contribution in [-0.4, -0.2) is 58.4 Å². The van der Waals surface area contributed by atoms with Crippen LogP contribution in [0.1, 0.15) is 23.0 Å². The molecule has 2 rings (SSSR count). The van der Waals surface area contributed by atoms with Crippen LogP contribution in [0.3, 0.4) is 0 Å². The van der Waals surface area contributed by atoms with Gasteiger partial charge in [-0.15, -0.1) is 0 Å². The first-order valence-corrected chi connectivity index (χ1v) is 9.59. The number of hydrogen-bond donors (Lipinski definition) is 2. The van der Waals surface area contributed by atoms with Crippen LogP contribution in [0, 0.1) is 13.8 Å². The van der Waals surface area contributed by atoms with Gasteiger partial charge in [-0.05, 0) is 45.6 Å². The first-order chi connectivity index (χ1) is 12.2. The number of rotatable bonds is 8. The van der Waals surface area contributed by atoms with Crippen LogP contribution in [0.4, 0.5) is 0 Å². The van der Waals surface area contributed by atoms with Gasteiger partial charge in [0, 0.05) is 12.6 Å². The molecule has 0 fully saturated rings. The molecule has 0 bridgehead atoms. The summed E-state index contributed by atoms with van der Waals surface area (Å²) in [6.07, 6.45) is 0. The predicted octanol–water partition coefficient (Wildman–Crippen LogP) is 1.62. The van der Waals surface area contributed by atoms with Crippen LogP contribution in [0.2, 0.25) is 0 Å². The fraction of sp³-hybridized carbons (Fsp3) is 0.471. The van der Waals surface area contributed by atoms with Gasteiger partial charge >= 0.3 is 0 Å². The molecule has 0 saturated carbocycles. The molecule has 0 aliphatic heterocycles. The summed E-state index contributed by atoms with van der Waals surface area (Å²) in [5.74, 6) is 1.22. The highest BCUT2D eigenvalue weighted by atomic mass is 32.2. The summed E-state index contributed by atoms with van der Waals surface area (Å²) in [5, 5.41) is 6.66. The molecule has 0 saturated heterocycles. The van der Waals surface area contributed by atoms with E-state index in [1.54, 1.807) is 28.1 Å². The van der Waals surface area contributed by atoms with Gasteiger partial charge < -0.3 is 14.4 Å². The smallest absolute Gasteiger partial charge is 0.244 e. The van der Waals surface area contributed by atoms with Crippen molar-refractivity contribution >= 4 is 10.0 Å². The summed E-state index contributed by atoms with van der Waals surface area (Å²) >= 11 is 0. The van der Waals surface area contributed by atoms with E-state index in [4.69, 9.17) is 9.47 Å². The third-order valence-corrected chi connectivity index (χ3v) is 5.90. The second kappa shape index (κ2) is 8.07. The molecule has 26 heavy (non-hydrogen) atoms. The molecule has 0 aliphatic carbocycles. The van der Waals surface area contributed by atoms with Crippen LogP contribution >= 0.6 is 0 Å². The van der Waals surface area contributed by atoms with Crippen molar-refractivity contribution in [1.29, 1.82) is 0 Å². The highest BCUT2D eigenvalue weighted by Gasteiger charge is 2.25. The fourth-order valence-electron chi connectivity index (χ4n) is 2.86. The zero-order chi connectivity index (χ0) is 19.5. The summed E-state index contributed by atoms with van der Waals surface area (Å²) in [6.45, 7) is 3.55. The van der Waals surface area contributed by atoms with Crippen molar-refractivity contribution in [3.05, 3.63) is 35.2 Å². The molecule has 0 amide bonds. The molecular formula is C17H26N4O4S. The maximum Gasteiger partial charge on any atom is 0.244 e. The van der Waals surface area contributed by atoms with Crippen molar-refractivity contribution in [1.82, 2.24) is 19.8 Å². The first-order valence-electron chi connectivity index (χ1n) is 8.10. The van der Waals surface area contributed by atoms with E-state index in [-0.39, 0.29) is 17.5 Å². The number of nitrogens with zero attached hydrogens (tertiary/aromatic N) is 2. The number of aromatic nitrogens is 2. The fourth-order valence-corrected chi connectivity index (χ4v) is 4.26. The normalized spacial score (nSPS) is 13.0. The lowest BCUT2D eigenvalue weighted by Gasteiger charge is -2.25. The van der Waals surface area contributed by atoms with Gasteiger partial charge in [-0.2, -0.15) is 5.10 Å². The van der Waals surface area contributed by atoms with Crippen molar-refractivity contribution in [2.75, 3.05) is 34.9 Å². The van der Waals surface area contributed by atoms with Crippen LogP contribution in [0.25, 0.3) is 0 Å². The summed E-state index contributed by atoms with van der Waals surface area (Å²) < 4.78 is 38.7. The average Bonchev–Trinajstić information content (AvgIpc) is 2.93. The quantitative estimate of drug-likeness (QED) is 0.720. The molecule has 1 aromatic heterocycles. The Morgan fingerprint density at radius 1 is 1.19 bits per heavy atom. The van der Waals surface area contributed by atoms with Gasteiger partial charge in [-0.1, -0.05) is 6.07 Å². The largest absolute Gasteiger partial charge is 0.493 e. The summed E-state index contributed by atoms with van der Waals surface area (Å²) in [6, 6.07) is 5.38. The number of aromatic amines is 1. The molecule has 0 radical (unpaired) electrons. The number of likely N-dealkylation sites (N-methyl/N-ethyl adjacent to an activating group) is 1. The summed E-state index contributed by atoms with van der Waals surface area (Å²) in [5.41, 5.74) is 1.88. The molecule has 9 heteroatoms. The van der Waals surface area contributed by atoms with Crippen molar-refractivity contribution in [3.8, 4) is 11.5 Å². The Bertz CT molecular complexity index is 842. The Morgan fingerprint density at radius 3 is 2.35 bits per heavy atom. The van der Waals surface area contributed by atoms with E-state index < -0.39 is 10.0 Å². The number of H-pyrrole nitrogens is 1. The minimum absolute atomic E-state index is 0.183. The van der Waals surface area contributed by atoms with E-state index in [2.05, 4.69) is 14.9 Å². The molecule has 0 spiro atoms. The molecule has 8 nitrogen and oxygen atoms in total. The highest BCUT2D eigenvalue weighted by molar-refractivity contribution is 7.89. The standard InChI is InChI=1S/C17H26N4O4S/c1-11-17(12(2)20-19-11)26(22,23)18-10-14(21(3)4)13-7-8-15(24-5)16(9-13)25-6/h7-9,14,18H,10H2,1-6H3,(H,19,20). The maximum absolute atomic E-state index is 12.7. The van der Waals surface area contributed by atoms with E-state index in [9.17, 15) is 8.42 Å². The number of ether oxygens (including phenoxy) is 2. The summed E-state index contributed by atoms with van der Waals surface area (Å²) in [7, 11) is 3.26. The average molecular weight is 382 g/mol. The predicted molar refractivity (Wildman–Crippen MR) is 99.2 cm³/mol. The van der Waals surface area contributed by atoms with Crippen LogP contribution in [0.15, 0.2) is 23.1 Å². The topological polar surface area (TPSA) is 96.5 Å². The Morgan fingerprint density at radius 2 is 1.85 bits per heavy atom. The molecule has 2 N–H and O–H groups in total. The van der Waals surface area contributed by atoms with E-state index in [0.717, 1.165) is 5.56 Å². The highest BCUT2D eigenvalue weighted by Crippen LogP contribution is 2.31. The Labute approximate surface area is 154 Å². The van der Waals surface area contributed by atoms with Gasteiger partial charge in [0.1, 0.15) is 4.90 Å². The van der Waals surface area contributed by atoms with E-state index in [1.807, 2.05) is 37.2 Å². The van der Waals surface area contributed by atoms with Gasteiger partial charge in [0.15, 0.2) is 11.5 Å². The minimum atomic E-state index is -3.67. The summed E-state index contributed by atoms with van der Waals surface area (Å²) in [4.78, 5) is 2.14. The van der Waals surface area contributed by atoms with E-state index >= 15 is 0 Å². The van der Waals surface area contributed by atoms with Crippen molar-refractivity contribution in [2.45, 2.75) is 24.8 Å². The third-order valence-electron chi connectivity index (χ3n) is 4.21. The lowest BCUT2D eigenvalue weighted by Crippen LogP contribution is -2.35. The number of methoxy groups -OCH3 is 2. The van der Waals surface area contributed by atoms with Gasteiger partial charge in [0.05, 0.1) is 25.6 Å². The molecule has 1 unspecified atom stereocenters. The van der Waals surface area contributed by atoms with Crippen molar-refractivity contribution < 1.29 is 17.9 Å². The van der Waals surface area contributed by atoms with Gasteiger partial charge in [0.2, 0.25) is 10.0 Å². The molecule has 1 atom stereocenters. The van der Waals surface area contributed by atoms with Crippen LogP contribution in [-0.2, 0) is 10.0 Å². The molecule has 0 aliphatic rings. The number of sulfonamides is 1. The van der Waals surface area contributed by atoms with Gasteiger partial charge in [0.25, 0.3) is 0 Å². The third kappa shape index (κ3) is 4.17. The molecular weight excluding hydrogens is 356 g/mol. The molecule has 1 aromatic carbocycles. The number of benzene rings is 1. The molecule has 1 heterocycles. The number of nitrogens with one attached hydrogen (secondary N) is 2.